The number of hydrogen-bond acceptors (Lipinski definition) is 7. The highest BCUT2D eigenvalue weighted by Crippen LogP contribution is 2.38. The van der Waals surface area contributed by atoms with E-state index in [1.54, 1.807) is 12.1 Å². The van der Waals surface area contributed by atoms with Gasteiger partial charge in [-0.3, -0.25) is 14.9 Å². The molecular formula is C17H16ClNO7. The van der Waals surface area contributed by atoms with E-state index < -0.39 is 10.9 Å². The molecule has 8 nitrogen and oxygen atoms in total. The Bertz CT molecular complexity index is 813. The fraction of sp³-hybridized carbons (Fsp3) is 0.235. The molecule has 2 aromatic carbocycles. The number of hydrogen-bond donors (Lipinski definition) is 0. The number of nitro benzene ring substituents is 1. The number of nitro groups is 1. The van der Waals surface area contributed by atoms with Gasteiger partial charge in [-0.1, -0.05) is 11.6 Å². The van der Waals surface area contributed by atoms with E-state index in [1.807, 2.05) is 0 Å². The van der Waals surface area contributed by atoms with Gasteiger partial charge >= 0.3 is 5.97 Å². The maximum Gasteiger partial charge on any atom is 0.315 e. The lowest BCUT2D eigenvalue weighted by Gasteiger charge is -2.14. The number of carbonyl (C=O) groups is 1. The van der Waals surface area contributed by atoms with Crippen molar-refractivity contribution in [3.05, 3.63) is 51.0 Å². The zero-order chi connectivity index (χ0) is 19.3. The van der Waals surface area contributed by atoms with Crippen LogP contribution in [-0.2, 0) is 11.2 Å². The van der Waals surface area contributed by atoms with Crippen molar-refractivity contribution in [3.63, 3.8) is 0 Å². The molecule has 0 amide bonds. The number of halogens is 1. The second kappa shape index (κ2) is 8.39. The van der Waals surface area contributed by atoms with E-state index in [9.17, 15) is 14.9 Å². The van der Waals surface area contributed by atoms with Gasteiger partial charge in [0, 0.05) is 12.1 Å². The Kier molecular flexibility index (Phi) is 6.24. The predicted molar refractivity (Wildman–Crippen MR) is 93.5 cm³/mol. The minimum Gasteiger partial charge on any atom is -0.493 e. The molecule has 2 aromatic rings. The third-order valence-corrected chi connectivity index (χ3v) is 3.72. The molecule has 0 saturated heterocycles. The van der Waals surface area contributed by atoms with Gasteiger partial charge in [0.15, 0.2) is 11.5 Å². The Balaban J connectivity index is 2.19. The van der Waals surface area contributed by atoms with Gasteiger partial charge in [-0.25, -0.2) is 0 Å². The first kappa shape index (κ1) is 19.3. The minimum absolute atomic E-state index is 0.0301. The van der Waals surface area contributed by atoms with Gasteiger partial charge in [-0.2, -0.15) is 0 Å². The highest BCUT2D eigenvalue weighted by atomic mass is 35.5. The molecule has 0 unspecified atom stereocenters. The average molecular weight is 382 g/mol. The quantitative estimate of drug-likeness (QED) is 0.313. The van der Waals surface area contributed by atoms with Gasteiger partial charge in [0.25, 0.3) is 5.69 Å². The van der Waals surface area contributed by atoms with Crippen LogP contribution in [-0.4, -0.2) is 32.2 Å². The zero-order valence-corrected chi connectivity index (χ0v) is 15.0. The molecule has 0 atom stereocenters. The number of methoxy groups -OCH3 is 3. The highest BCUT2D eigenvalue weighted by Gasteiger charge is 2.17. The Morgan fingerprint density at radius 1 is 1.04 bits per heavy atom. The molecule has 0 aliphatic rings. The van der Waals surface area contributed by atoms with Gasteiger partial charge in [0.2, 0.25) is 5.75 Å². The van der Waals surface area contributed by atoms with Crippen molar-refractivity contribution < 1.29 is 28.7 Å². The number of esters is 1. The van der Waals surface area contributed by atoms with Crippen molar-refractivity contribution in [2.45, 2.75) is 6.42 Å². The number of nitrogens with zero attached hydrogens (tertiary/aromatic N) is 1. The van der Waals surface area contributed by atoms with E-state index >= 15 is 0 Å². The van der Waals surface area contributed by atoms with Crippen molar-refractivity contribution in [2.75, 3.05) is 21.3 Å². The first-order valence-corrected chi connectivity index (χ1v) is 7.71. The third-order valence-electron chi connectivity index (χ3n) is 3.42. The lowest BCUT2D eigenvalue weighted by Crippen LogP contribution is -2.12. The van der Waals surface area contributed by atoms with Gasteiger partial charge in [-0.15, -0.1) is 0 Å². The van der Waals surface area contributed by atoms with Crippen molar-refractivity contribution in [2.24, 2.45) is 0 Å². The van der Waals surface area contributed by atoms with E-state index in [1.165, 1.54) is 33.5 Å². The lowest BCUT2D eigenvalue weighted by molar-refractivity contribution is -0.384. The maximum atomic E-state index is 12.2. The molecule has 0 aromatic heterocycles. The second-order valence-electron chi connectivity index (χ2n) is 5.06. The summed E-state index contributed by atoms with van der Waals surface area (Å²) in [5.41, 5.74) is 0.377. The summed E-state index contributed by atoms with van der Waals surface area (Å²) >= 11 is 5.92. The van der Waals surface area contributed by atoms with Crippen LogP contribution in [0.4, 0.5) is 5.69 Å². The number of ether oxygens (including phenoxy) is 4. The number of non-ortho nitro benzene ring substituents is 1. The van der Waals surface area contributed by atoms with E-state index in [0.717, 1.165) is 6.07 Å². The number of carbonyl (C=O) groups excluding carboxylic acids is 1. The maximum absolute atomic E-state index is 12.2. The Hall–Kier alpha value is -3.00. The molecule has 0 saturated carbocycles. The smallest absolute Gasteiger partial charge is 0.315 e. The second-order valence-corrected chi connectivity index (χ2v) is 5.46. The normalized spacial score (nSPS) is 10.2. The predicted octanol–water partition coefficient (Wildman–Crippen LogP) is 3.42. The average Bonchev–Trinajstić information content (AvgIpc) is 2.62. The Labute approximate surface area is 154 Å². The molecule has 0 bridgehead atoms. The van der Waals surface area contributed by atoms with Crippen LogP contribution in [0.5, 0.6) is 23.0 Å². The molecule has 26 heavy (non-hydrogen) atoms. The molecular weight excluding hydrogens is 366 g/mol. The largest absolute Gasteiger partial charge is 0.493 e. The summed E-state index contributed by atoms with van der Waals surface area (Å²) in [4.78, 5) is 22.3. The summed E-state index contributed by atoms with van der Waals surface area (Å²) < 4.78 is 20.9. The third kappa shape index (κ3) is 4.34. The van der Waals surface area contributed by atoms with Crippen molar-refractivity contribution in [1.82, 2.24) is 0 Å². The summed E-state index contributed by atoms with van der Waals surface area (Å²) in [5.74, 6) is 0.654. The van der Waals surface area contributed by atoms with Crippen LogP contribution in [0.3, 0.4) is 0 Å². The highest BCUT2D eigenvalue weighted by molar-refractivity contribution is 6.32. The van der Waals surface area contributed by atoms with Crippen LogP contribution in [0.25, 0.3) is 0 Å². The molecule has 138 valence electrons. The molecule has 9 heteroatoms. The van der Waals surface area contributed by atoms with Crippen molar-refractivity contribution in [1.29, 1.82) is 0 Å². The fourth-order valence-electron chi connectivity index (χ4n) is 2.25. The SMILES string of the molecule is COc1cc(CC(=O)Oc2ccc([N+](=O)[O-])cc2Cl)cc(OC)c1OC. The summed E-state index contributed by atoms with van der Waals surface area (Å²) in [6.07, 6.45) is -0.0932. The van der Waals surface area contributed by atoms with Gasteiger partial charge in [0.05, 0.1) is 37.7 Å². The standard InChI is InChI=1S/C17H16ClNO7/c1-23-14-6-10(7-15(24-2)17(14)25-3)8-16(20)26-13-5-4-11(19(21)22)9-12(13)18/h4-7,9H,8H2,1-3H3. The lowest BCUT2D eigenvalue weighted by atomic mass is 10.1. The first-order valence-electron chi connectivity index (χ1n) is 7.33. The van der Waals surface area contributed by atoms with Crippen LogP contribution in [0, 0.1) is 10.1 Å². The van der Waals surface area contributed by atoms with Crippen LogP contribution >= 0.6 is 11.6 Å². The van der Waals surface area contributed by atoms with Gasteiger partial charge in [0.1, 0.15) is 5.75 Å². The van der Waals surface area contributed by atoms with E-state index in [-0.39, 0.29) is 22.9 Å². The fourth-order valence-corrected chi connectivity index (χ4v) is 2.46. The molecule has 0 aliphatic heterocycles. The molecule has 0 aliphatic carbocycles. The first-order chi connectivity index (χ1) is 12.4. The molecule has 0 radical (unpaired) electrons. The van der Waals surface area contributed by atoms with Crippen molar-refractivity contribution >= 4 is 23.3 Å². The number of rotatable bonds is 7. The van der Waals surface area contributed by atoms with E-state index in [2.05, 4.69) is 0 Å². The van der Waals surface area contributed by atoms with Crippen LogP contribution in [0.1, 0.15) is 5.56 Å². The molecule has 0 heterocycles. The summed E-state index contributed by atoms with van der Waals surface area (Å²) in [7, 11) is 4.41. The summed E-state index contributed by atoms with van der Waals surface area (Å²) in [5, 5.41) is 10.7. The molecule has 2 rings (SSSR count). The van der Waals surface area contributed by atoms with Crippen molar-refractivity contribution in [3.8, 4) is 23.0 Å². The van der Waals surface area contributed by atoms with Crippen LogP contribution in [0.15, 0.2) is 30.3 Å². The zero-order valence-electron chi connectivity index (χ0n) is 14.3. The minimum atomic E-state index is -0.602. The van der Waals surface area contributed by atoms with Gasteiger partial charge < -0.3 is 18.9 Å². The molecule has 0 N–H and O–H groups in total. The molecule has 0 fully saturated rings. The monoisotopic (exact) mass is 381 g/mol. The van der Waals surface area contributed by atoms with E-state index in [0.29, 0.717) is 22.8 Å². The van der Waals surface area contributed by atoms with Crippen LogP contribution < -0.4 is 18.9 Å². The number of benzene rings is 2. The van der Waals surface area contributed by atoms with Crippen LogP contribution in [0.2, 0.25) is 5.02 Å². The Morgan fingerprint density at radius 3 is 2.12 bits per heavy atom. The van der Waals surface area contributed by atoms with Gasteiger partial charge in [-0.05, 0) is 23.8 Å². The summed E-state index contributed by atoms with van der Waals surface area (Å²) in [6, 6.07) is 6.84. The Morgan fingerprint density at radius 2 is 1.65 bits per heavy atom. The molecule has 0 spiro atoms. The summed E-state index contributed by atoms with van der Waals surface area (Å²) in [6.45, 7) is 0. The topological polar surface area (TPSA) is 97.1 Å². The van der Waals surface area contributed by atoms with E-state index in [4.69, 9.17) is 30.5 Å².